The van der Waals surface area contributed by atoms with Gasteiger partial charge in [-0.25, -0.2) is 4.98 Å². The predicted molar refractivity (Wildman–Crippen MR) is 73.4 cm³/mol. The molecular formula is C13H22N4O2. The van der Waals surface area contributed by atoms with Crippen molar-refractivity contribution in [3.63, 3.8) is 0 Å². The van der Waals surface area contributed by atoms with Gasteiger partial charge in [0.2, 0.25) is 11.8 Å². The molecule has 1 aromatic rings. The molecule has 6 nitrogen and oxygen atoms in total. The second-order valence-corrected chi connectivity index (χ2v) is 5.07. The Kier molecular flexibility index (Phi) is 4.55. The number of anilines is 1. The van der Waals surface area contributed by atoms with Gasteiger partial charge in [-0.2, -0.15) is 4.98 Å². The Bertz CT molecular complexity index is 413. The zero-order valence-corrected chi connectivity index (χ0v) is 11.7. The van der Waals surface area contributed by atoms with Crippen LogP contribution < -0.4 is 15.4 Å². The van der Waals surface area contributed by atoms with E-state index in [2.05, 4.69) is 14.9 Å². The minimum Gasteiger partial charge on any atom is -0.475 e. The Labute approximate surface area is 113 Å². The van der Waals surface area contributed by atoms with Crippen molar-refractivity contribution in [2.24, 2.45) is 5.73 Å². The first kappa shape index (κ1) is 14.0. The van der Waals surface area contributed by atoms with Gasteiger partial charge in [0, 0.05) is 31.9 Å². The molecular weight excluding hydrogens is 244 g/mol. The van der Waals surface area contributed by atoms with Crippen LogP contribution in [0.25, 0.3) is 0 Å². The molecule has 0 amide bonds. The summed E-state index contributed by atoms with van der Waals surface area (Å²) >= 11 is 0. The lowest BCUT2D eigenvalue weighted by Gasteiger charge is -2.36. The highest BCUT2D eigenvalue weighted by atomic mass is 16.5. The summed E-state index contributed by atoms with van der Waals surface area (Å²) in [5.41, 5.74) is 5.68. The van der Waals surface area contributed by atoms with Gasteiger partial charge in [-0.3, -0.25) is 0 Å². The Balaban J connectivity index is 2.11. The molecule has 0 saturated carbocycles. The highest BCUT2D eigenvalue weighted by Gasteiger charge is 2.26. The standard InChI is InChI=1S/C13H22N4O2/c1-9(2)18-12-4-5-15-13(16-12)17-7-10(3)19-11(6-14)8-17/h4-5,9-11H,6-8,14H2,1-3H3. The zero-order valence-electron chi connectivity index (χ0n) is 11.7. The lowest BCUT2D eigenvalue weighted by molar-refractivity contribution is -0.0110. The summed E-state index contributed by atoms with van der Waals surface area (Å²) < 4.78 is 11.3. The smallest absolute Gasteiger partial charge is 0.228 e. The van der Waals surface area contributed by atoms with Crippen LogP contribution in [0.3, 0.4) is 0 Å². The second kappa shape index (κ2) is 6.16. The molecule has 1 aromatic heterocycles. The first-order chi connectivity index (χ1) is 9.08. The van der Waals surface area contributed by atoms with Gasteiger partial charge in [0.15, 0.2) is 0 Å². The van der Waals surface area contributed by atoms with Crippen molar-refractivity contribution in [2.75, 3.05) is 24.5 Å². The Morgan fingerprint density at radius 2 is 2.32 bits per heavy atom. The number of ether oxygens (including phenoxy) is 2. The lowest BCUT2D eigenvalue weighted by atomic mass is 10.2. The van der Waals surface area contributed by atoms with Gasteiger partial charge in [0.1, 0.15) is 0 Å². The maximum Gasteiger partial charge on any atom is 0.228 e. The monoisotopic (exact) mass is 266 g/mol. The van der Waals surface area contributed by atoms with Gasteiger partial charge in [-0.15, -0.1) is 0 Å². The molecule has 0 aromatic carbocycles. The Morgan fingerprint density at radius 3 is 3.00 bits per heavy atom. The Morgan fingerprint density at radius 1 is 1.53 bits per heavy atom. The summed E-state index contributed by atoms with van der Waals surface area (Å²) in [6.45, 7) is 7.96. The molecule has 2 atom stereocenters. The average molecular weight is 266 g/mol. The van der Waals surface area contributed by atoms with E-state index in [1.807, 2.05) is 20.8 Å². The van der Waals surface area contributed by atoms with E-state index in [9.17, 15) is 0 Å². The molecule has 2 heterocycles. The van der Waals surface area contributed by atoms with E-state index in [0.717, 1.165) is 6.54 Å². The molecule has 6 heteroatoms. The minimum atomic E-state index is 0.0297. The van der Waals surface area contributed by atoms with E-state index in [1.165, 1.54) is 0 Å². The van der Waals surface area contributed by atoms with Crippen LogP contribution in [-0.2, 0) is 4.74 Å². The quantitative estimate of drug-likeness (QED) is 0.869. The number of rotatable bonds is 4. The maximum atomic E-state index is 5.73. The van der Waals surface area contributed by atoms with Crippen LogP contribution in [0.4, 0.5) is 5.95 Å². The summed E-state index contributed by atoms with van der Waals surface area (Å²) in [6, 6.07) is 1.77. The predicted octanol–water partition coefficient (Wildman–Crippen LogP) is 0.816. The van der Waals surface area contributed by atoms with Crippen LogP contribution >= 0.6 is 0 Å². The molecule has 0 spiro atoms. The van der Waals surface area contributed by atoms with E-state index in [1.54, 1.807) is 12.3 Å². The largest absolute Gasteiger partial charge is 0.475 e. The number of morpholine rings is 1. The van der Waals surface area contributed by atoms with E-state index in [0.29, 0.717) is 24.9 Å². The number of hydrogen-bond acceptors (Lipinski definition) is 6. The molecule has 1 aliphatic rings. The first-order valence-corrected chi connectivity index (χ1v) is 6.68. The van der Waals surface area contributed by atoms with E-state index in [4.69, 9.17) is 15.2 Å². The van der Waals surface area contributed by atoms with Gasteiger partial charge in [-0.1, -0.05) is 0 Å². The molecule has 2 N–H and O–H groups in total. The third-order valence-corrected chi connectivity index (χ3v) is 2.85. The SMILES string of the molecule is CC(C)Oc1ccnc(N2CC(C)OC(CN)C2)n1. The van der Waals surface area contributed by atoms with Crippen LogP contribution in [0.15, 0.2) is 12.3 Å². The van der Waals surface area contributed by atoms with Crippen LogP contribution in [-0.4, -0.2) is 47.9 Å². The summed E-state index contributed by atoms with van der Waals surface area (Å²) in [5, 5.41) is 0. The fraction of sp³-hybridized carbons (Fsp3) is 0.692. The number of aromatic nitrogens is 2. The van der Waals surface area contributed by atoms with E-state index < -0.39 is 0 Å². The zero-order chi connectivity index (χ0) is 13.8. The molecule has 0 radical (unpaired) electrons. The molecule has 1 aliphatic heterocycles. The minimum absolute atomic E-state index is 0.0297. The summed E-state index contributed by atoms with van der Waals surface area (Å²) in [7, 11) is 0. The van der Waals surface area contributed by atoms with Crippen molar-refractivity contribution < 1.29 is 9.47 Å². The molecule has 2 rings (SSSR count). The van der Waals surface area contributed by atoms with Gasteiger partial charge in [-0.05, 0) is 20.8 Å². The van der Waals surface area contributed by atoms with Crippen LogP contribution in [0, 0.1) is 0 Å². The van der Waals surface area contributed by atoms with E-state index in [-0.39, 0.29) is 18.3 Å². The topological polar surface area (TPSA) is 73.5 Å². The highest BCUT2D eigenvalue weighted by molar-refractivity contribution is 5.33. The van der Waals surface area contributed by atoms with Gasteiger partial charge in [0.05, 0.1) is 18.3 Å². The van der Waals surface area contributed by atoms with Crippen molar-refractivity contribution in [3.8, 4) is 5.88 Å². The fourth-order valence-electron chi connectivity index (χ4n) is 2.13. The normalized spacial score (nSPS) is 23.7. The summed E-state index contributed by atoms with van der Waals surface area (Å²) in [6.07, 6.45) is 1.98. The molecule has 106 valence electrons. The molecule has 2 unspecified atom stereocenters. The van der Waals surface area contributed by atoms with Crippen LogP contribution in [0.2, 0.25) is 0 Å². The number of hydrogen-bond donors (Lipinski definition) is 1. The molecule has 1 fully saturated rings. The molecule has 19 heavy (non-hydrogen) atoms. The van der Waals surface area contributed by atoms with Gasteiger partial charge in [0.25, 0.3) is 0 Å². The van der Waals surface area contributed by atoms with Crippen molar-refractivity contribution in [3.05, 3.63) is 12.3 Å². The first-order valence-electron chi connectivity index (χ1n) is 6.68. The van der Waals surface area contributed by atoms with Crippen LogP contribution in [0.1, 0.15) is 20.8 Å². The van der Waals surface area contributed by atoms with Gasteiger partial charge >= 0.3 is 0 Å². The maximum absolute atomic E-state index is 5.73. The summed E-state index contributed by atoms with van der Waals surface area (Å²) in [5.74, 6) is 1.27. The van der Waals surface area contributed by atoms with Crippen molar-refractivity contribution in [2.45, 2.75) is 39.1 Å². The van der Waals surface area contributed by atoms with Crippen molar-refractivity contribution in [1.82, 2.24) is 9.97 Å². The Hall–Kier alpha value is -1.40. The summed E-state index contributed by atoms with van der Waals surface area (Å²) in [4.78, 5) is 10.8. The average Bonchev–Trinajstić information content (AvgIpc) is 2.37. The lowest BCUT2D eigenvalue weighted by Crippen LogP contribution is -2.49. The molecule has 0 bridgehead atoms. The fourth-order valence-corrected chi connectivity index (χ4v) is 2.13. The third kappa shape index (κ3) is 3.78. The van der Waals surface area contributed by atoms with Crippen molar-refractivity contribution >= 4 is 5.95 Å². The number of nitrogens with two attached hydrogens (primary N) is 1. The van der Waals surface area contributed by atoms with E-state index >= 15 is 0 Å². The van der Waals surface area contributed by atoms with Gasteiger partial charge < -0.3 is 20.1 Å². The highest BCUT2D eigenvalue weighted by Crippen LogP contribution is 2.18. The number of nitrogens with zero attached hydrogens (tertiary/aromatic N) is 3. The molecule has 0 aliphatic carbocycles. The second-order valence-electron chi connectivity index (χ2n) is 5.07. The van der Waals surface area contributed by atoms with Crippen molar-refractivity contribution in [1.29, 1.82) is 0 Å². The molecule has 1 saturated heterocycles. The van der Waals surface area contributed by atoms with Crippen LogP contribution in [0.5, 0.6) is 5.88 Å². The third-order valence-electron chi connectivity index (χ3n) is 2.85.